The van der Waals surface area contributed by atoms with Gasteiger partial charge in [-0.15, -0.1) is 0 Å². The molecule has 22 heavy (non-hydrogen) atoms. The molecule has 0 saturated heterocycles. The van der Waals surface area contributed by atoms with Gasteiger partial charge in [-0.25, -0.2) is 4.79 Å². The smallest absolute Gasteiger partial charge is 0.407 e. The minimum atomic E-state index is -1.01. The van der Waals surface area contributed by atoms with Crippen molar-refractivity contribution >= 4 is 12.1 Å². The van der Waals surface area contributed by atoms with E-state index in [0.717, 1.165) is 5.56 Å². The Balaban J connectivity index is 2.46. The van der Waals surface area contributed by atoms with Gasteiger partial charge < -0.3 is 19.9 Å². The predicted molar refractivity (Wildman–Crippen MR) is 81.5 cm³/mol. The summed E-state index contributed by atoms with van der Waals surface area (Å²) in [4.78, 5) is 22.6. The molecule has 0 radical (unpaired) electrons. The number of aliphatic carboxylic acids is 1. The topological polar surface area (TPSA) is 84.9 Å². The van der Waals surface area contributed by atoms with E-state index in [1.165, 1.54) is 0 Å². The number of alkyl carbamates (subject to hydrolysis) is 1. The Bertz CT molecular complexity index is 481. The molecule has 0 spiro atoms. The number of carbonyl (C=O) groups excluding carboxylic acids is 1. The first-order chi connectivity index (χ1) is 10.3. The lowest BCUT2D eigenvalue weighted by molar-refractivity contribution is -0.137. The van der Waals surface area contributed by atoms with Crippen LogP contribution in [0.4, 0.5) is 4.79 Å². The number of hydrogen-bond donors (Lipinski definition) is 2. The van der Waals surface area contributed by atoms with Crippen LogP contribution >= 0.6 is 0 Å². The average Bonchev–Trinajstić information content (AvgIpc) is 2.36. The van der Waals surface area contributed by atoms with Crippen molar-refractivity contribution in [3.63, 3.8) is 0 Å². The standard InChI is InChI=1S/C16H23NO5/c1-16(2,3)22-15(20)17-13(9-14(18)19)11-21-10-12-7-5-4-6-8-12/h4-8,13H,9-11H2,1-3H3,(H,17,20)(H,18,19)/t13-/m1/s1. The van der Waals surface area contributed by atoms with Gasteiger partial charge in [0.15, 0.2) is 0 Å². The summed E-state index contributed by atoms with van der Waals surface area (Å²) in [5.74, 6) is -1.01. The van der Waals surface area contributed by atoms with Crippen molar-refractivity contribution in [2.75, 3.05) is 6.61 Å². The maximum Gasteiger partial charge on any atom is 0.407 e. The monoisotopic (exact) mass is 309 g/mol. The lowest BCUT2D eigenvalue weighted by Gasteiger charge is -2.23. The van der Waals surface area contributed by atoms with E-state index < -0.39 is 23.7 Å². The summed E-state index contributed by atoms with van der Waals surface area (Å²) in [5, 5.41) is 11.4. The van der Waals surface area contributed by atoms with Gasteiger partial charge in [0, 0.05) is 0 Å². The van der Waals surface area contributed by atoms with Gasteiger partial charge in [0.25, 0.3) is 0 Å². The maximum atomic E-state index is 11.7. The van der Waals surface area contributed by atoms with Crippen molar-refractivity contribution in [2.24, 2.45) is 0 Å². The second-order valence-electron chi connectivity index (χ2n) is 5.94. The zero-order valence-electron chi connectivity index (χ0n) is 13.2. The van der Waals surface area contributed by atoms with Gasteiger partial charge in [0.2, 0.25) is 0 Å². The molecule has 1 atom stereocenters. The van der Waals surface area contributed by atoms with Gasteiger partial charge >= 0.3 is 12.1 Å². The summed E-state index contributed by atoms with van der Waals surface area (Å²) >= 11 is 0. The molecule has 0 unspecified atom stereocenters. The number of ether oxygens (including phenoxy) is 2. The normalized spacial score (nSPS) is 12.5. The van der Waals surface area contributed by atoms with Gasteiger partial charge in [-0.1, -0.05) is 30.3 Å². The summed E-state index contributed by atoms with van der Waals surface area (Å²) in [6, 6.07) is 8.87. The van der Waals surface area contributed by atoms with Gasteiger partial charge in [-0.3, -0.25) is 4.79 Å². The van der Waals surface area contributed by atoms with Crippen LogP contribution in [0.1, 0.15) is 32.8 Å². The van der Waals surface area contributed by atoms with E-state index in [9.17, 15) is 9.59 Å². The highest BCUT2D eigenvalue weighted by atomic mass is 16.6. The Morgan fingerprint density at radius 1 is 1.23 bits per heavy atom. The molecule has 0 aliphatic carbocycles. The molecule has 0 heterocycles. The fourth-order valence-electron chi connectivity index (χ4n) is 1.73. The lowest BCUT2D eigenvalue weighted by atomic mass is 10.2. The summed E-state index contributed by atoms with van der Waals surface area (Å²) in [6.07, 6.45) is -0.879. The number of carbonyl (C=O) groups is 2. The average molecular weight is 309 g/mol. The third kappa shape index (κ3) is 8.26. The Labute approximate surface area is 130 Å². The summed E-state index contributed by atoms with van der Waals surface area (Å²) in [6.45, 7) is 5.67. The molecule has 0 bridgehead atoms. The van der Waals surface area contributed by atoms with E-state index in [4.69, 9.17) is 14.6 Å². The van der Waals surface area contributed by atoms with Gasteiger partial charge in [0.05, 0.1) is 25.7 Å². The van der Waals surface area contributed by atoms with Crippen molar-refractivity contribution in [2.45, 2.75) is 45.4 Å². The molecule has 1 rings (SSSR count). The van der Waals surface area contributed by atoms with Crippen molar-refractivity contribution in [1.29, 1.82) is 0 Å². The predicted octanol–water partition coefficient (Wildman–Crippen LogP) is 2.57. The molecule has 2 N–H and O–H groups in total. The molecule has 0 aliphatic rings. The van der Waals surface area contributed by atoms with Crippen LogP contribution in [0.2, 0.25) is 0 Å². The molecular weight excluding hydrogens is 286 g/mol. The molecular formula is C16H23NO5. The Kier molecular flexibility index (Phi) is 6.85. The fraction of sp³-hybridized carbons (Fsp3) is 0.500. The van der Waals surface area contributed by atoms with Gasteiger partial charge in [0.1, 0.15) is 5.60 Å². The van der Waals surface area contributed by atoms with E-state index in [0.29, 0.717) is 6.61 Å². The summed E-state index contributed by atoms with van der Waals surface area (Å²) < 4.78 is 10.6. The van der Waals surface area contributed by atoms with Crippen molar-refractivity contribution in [3.8, 4) is 0 Å². The second-order valence-corrected chi connectivity index (χ2v) is 5.94. The molecule has 1 amide bonds. The zero-order valence-corrected chi connectivity index (χ0v) is 13.2. The summed E-state index contributed by atoms with van der Waals surface area (Å²) in [5.41, 5.74) is 0.344. The number of rotatable bonds is 7. The molecule has 0 saturated carbocycles. The minimum absolute atomic E-state index is 0.0977. The Hall–Kier alpha value is -2.08. The van der Waals surface area contributed by atoms with Gasteiger partial charge in [-0.2, -0.15) is 0 Å². The molecule has 1 aromatic rings. The SMILES string of the molecule is CC(C)(C)OC(=O)N[C@@H](COCc1ccccc1)CC(=O)O. The lowest BCUT2D eigenvalue weighted by Crippen LogP contribution is -2.42. The van der Waals surface area contributed by atoms with E-state index in [2.05, 4.69) is 5.32 Å². The van der Waals surface area contributed by atoms with Crippen LogP contribution in [0.3, 0.4) is 0 Å². The first-order valence-corrected chi connectivity index (χ1v) is 7.09. The quantitative estimate of drug-likeness (QED) is 0.808. The van der Waals surface area contributed by atoms with Crippen LogP contribution in [0.5, 0.6) is 0 Å². The fourth-order valence-corrected chi connectivity index (χ4v) is 1.73. The minimum Gasteiger partial charge on any atom is -0.481 e. The molecule has 0 aromatic heterocycles. The molecule has 0 fully saturated rings. The van der Waals surface area contributed by atoms with E-state index in [-0.39, 0.29) is 13.0 Å². The van der Waals surface area contributed by atoms with Crippen LogP contribution in [0.15, 0.2) is 30.3 Å². The highest BCUT2D eigenvalue weighted by Crippen LogP contribution is 2.08. The van der Waals surface area contributed by atoms with Crippen molar-refractivity contribution in [3.05, 3.63) is 35.9 Å². The molecule has 6 heteroatoms. The third-order valence-corrected chi connectivity index (χ3v) is 2.57. The first kappa shape index (κ1) is 18.0. The van der Waals surface area contributed by atoms with Crippen molar-refractivity contribution in [1.82, 2.24) is 5.32 Å². The molecule has 0 aliphatic heterocycles. The van der Waals surface area contributed by atoms with E-state index in [1.54, 1.807) is 20.8 Å². The van der Waals surface area contributed by atoms with Crippen LogP contribution < -0.4 is 5.32 Å². The number of benzene rings is 1. The number of carboxylic acids is 1. The largest absolute Gasteiger partial charge is 0.481 e. The van der Waals surface area contributed by atoms with Crippen LogP contribution in [0, 0.1) is 0 Å². The maximum absolute atomic E-state index is 11.7. The Morgan fingerprint density at radius 3 is 2.41 bits per heavy atom. The van der Waals surface area contributed by atoms with Crippen LogP contribution in [-0.2, 0) is 20.9 Å². The first-order valence-electron chi connectivity index (χ1n) is 7.09. The zero-order chi connectivity index (χ0) is 16.6. The second kappa shape index (κ2) is 8.38. The number of nitrogens with one attached hydrogen (secondary N) is 1. The number of hydrogen-bond acceptors (Lipinski definition) is 4. The number of amides is 1. The van der Waals surface area contributed by atoms with Crippen LogP contribution in [0.25, 0.3) is 0 Å². The molecule has 1 aromatic carbocycles. The third-order valence-electron chi connectivity index (χ3n) is 2.57. The highest BCUT2D eigenvalue weighted by molar-refractivity contribution is 5.71. The molecule has 122 valence electrons. The molecule has 6 nitrogen and oxygen atoms in total. The van der Waals surface area contributed by atoms with Crippen molar-refractivity contribution < 1.29 is 24.2 Å². The van der Waals surface area contributed by atoms with E-state index >= 15 is 0 Å². The summed E-state index contributed by atoms with van der Waals surface area (Å²) in [7, 11) is 0. The van der Waals surface area contributed by atoms with Gasteiger partial charge in [-0.05, 0) is 26.3 Å². The highest BCUT2D eigenvalue weighted by Gasteiger charge is 2.21. The van der Waals surface area contributed by atoms with Crippen LogP contribution in [-0.4, -0.2) is 35.4 Å². The van der Waals surface area contributed by atoms with E-state index in [1.807, 2.05) is 30.3 Å². The Morgan fingerprint density at radius 2 is 1.86 bits per heavy atom. The number of carboxylic acid groups (broad SMARTS) is 1.